The molecule has 4 aromatic rings. The molecule has 5 heteroatoms. The van der Waals surface area contributed by atoms with Gasteiger partial charge in [-0.15, -0.1) is 0 Å². The van der Waals surface area contributed by atoms with E-state index in [2.05, 4.69) is 13.8 Å². The number of sulfone groups is 1. The largest absolute Gasteiger partial charge is 0.508 e. The van der Waals surface area contributed by atoms with Gasteiger partial charge in [-0.2, -0.15) is 0 Å². The quantitative estimate of drug-likeness (QED) is 0.309. The fourth-order valence-electron chi connectivity index (χ4n) is 3.36. The lowest BCUT2D eigenvalue weighted by atomic mass is 10.0. The molecule has 4 nitrogen and oxygen atoms in total. The molecule has 176 valence electrons. The average Bonchev–Trinajstić information content (AvgIpc) is 2.87. The van der Waals surface area contributed by atoms with Crippen molar-refractivity contribution < 1.29 is 18.3 Å². The number of ether oxygens (including phenoxy) is 1. The normalized spacial score (nSPS) is 11.0. The van der Waals surface area contributed by atoms with Gasteiger partial charge in [0.2, 0.25) is 9.84 Å². The van der Waals surface area contributed by atoms with Crippen molar-refractivity contribution in [1.29, 1.82) is 0 Å². The lowest BCUT2D eigenvalue weighted by Gasteiger charge is -2.10. The van der Waals surface area contributed by atoms with Crippen LogP contribution in [0.3, 0.4) is 0 Å². The molecule has 34 heavy (non-hydrogen) atoms. The van der Waals surface area contributed by atoms with E-state index in [1.807, 2.05) is 62.4 Å². The van der Waals surface area contributed by atoms with Gasteiger partial charge in [0, 0.05) is 0 Å². The first-order valence-electron chi connectivity index (χ1n) is 11.4. The van der Waals surface area contributed by atoms with Crippen molar-refractivity contribution in [2.45, 2.75) is 43.4 Å². The van der Waals surface area contributed by atoms with Crippen LogP contribution in [-0.4, -0.2) is 13.5 Å². The Bertz CT molecular complexity index is 1290. The highest BCUT2D eigenvalue weighted by atomic mass is 32.2. The monoisotopic (exact) mass is 474 g/mol. The second kappa shape index (κ2) is 11.0. The summed E-state index contributed by atoms with van der Waals surface area (Å²) < 4.78 is 31.7. The summed E-state index contributed by atoms with van der Waals surface area (Å²) in [6.07, 6.45) is 0. The van der Waals surface area contributed by atoms with Crippen molar-refractivity contribution in [1.82, 2.24) is 0 Å². The van der Waals surface area contributed by atoms with Gasteiger partial charge in [0.1, 0.15) is 17.2 Å². The summed E-state index contributed by atoms with van der Waals surface area (Å²) in [7, 11) is -3.58. The first-order chi connectivity index (χ1) is 16.3. The molecule has 1 N–H and O–H groups in total. The molecule has 0 bridgehead atoms. The van der Waals surface area contributed by atoms with Gasteiger partial charge >= 0.3 is 0 Å². The molecule has 0 radical (unpaired) electrons. The van der Waals surface area contributed by atoms with Crippen LogP contribution in [0.15, 0.2) is 107 Å². The van der Waals surface area contributed by atoms with E-state index < -0.39 is 9.84 Å². The molecule has 0 fully saturated rings. The van der Waals surface area contributed by atoms with Crippen LogP contribution in [-0.2, 0) is 9.84 Å². The Balaban J connectivity index is 0.00000158. The lowest BCUT2D eigenvalue weighted by molar-refractivity contribution is 0.475. The maximum atomic E-state index is 12.9. The van der Waals surface area contributed by atoms with Gasteiger partial charge in [-0.05, 0) is 83.3 Å². The van der Waals surface area contributed by atoms with E-state index in [9.17, 15) is 13.5 Å². The summed E-state index contributed by atoms with van der Waals surface area (Å²) in [5, 5.41) is 9.42. The van der Waals surface area contributed by atoms with Crippen molar-refractivity contribution in [2.24, 2.45) is 0 Å². The SMILES string of the molecule is CC.CC(C)c1ccc(S(=O)(=O)c2ccc(Oc3ccc(-c4ccc(O)cc4)cc3)cc2)cc1. The highest BCUT2D eigenvalue weighted by molar-refractivity contribution is 7.91. The molecule has 0 aliphatic heterocycles. The molecule has 0 unspecified atom stereocenters. The number of benzene rings is 4. The zero-order chi connectivity index (χ0) is 24.7. The highest BCUT2D eigenvalue weighted by Gasteiger charge is 2.18. The Morgan fingerprint density at radius 3 is 1.44 bits per heavy atom. The maximum Gasteiger partial charge on any atom is 0.206 e. The third-order valence-corrected chi connectivity index (χ3v) is 7.07. The van der Waals surface area contributed by atoms with Crippen molar-refractivity contribution in [3.63, 3.8) is 0 Å². The molecule has 0 aliphatic rings. The van der Waals surface area contributed by atoms with Gasteiger partial charge in [-0.1, -0.05) is 64.1 Å². The predicted octanol–water partition coefficient (Wildman–Crippen LogP) is 7.83. The Labute approximate surface area is 202 Å². The number of rotatable bonds is 6. The minimum Gasteiger partial charge on any atom is -0.508 e. The molecule has 4 rings (SSSR count). The van der Waals surface area contributed by atoms with Crippen molar-refractivity contribution in [3.05, 3.63) is 103 Å². The van der Waals surface area contributed by atoms with E-state index >= 15 is 0 Å². The molecule has 0 saturated heterocycles. The van der Waals surface area contributed by atoms with Crippen molar-refractivity contribution in [2.75, 3.05) is 0 Å². The Kier molecular flexibility index (Phi) is 8.13. The van der Waals surface area contributed by atoms with E-state index in [-0.39, 0.29) is 15.5 Å². The van der Waals surface area contributed by atoms with E-state index in [4.69, 9.17) is 4.74 Å². The molecule has 0 amide bonds. The van der Waals surface area contributed by atoms with Crippen molar-refractivity contribution >= 4 is 9.84 Å². The molecule has 0 atom stereocenters. The third kappa shape index (κ3) is 5.86. The number of phenolic OH excluding ortho intramolecular Hbond substituents is 1. The molecular formula is C29H30O4S. The summed E-state index contributed by atoms with van der Waals surface area (Å²) in [6, 6.07) is 28.0. The van der Waals surface area contributed by atoms with E-state index in [1.54, 1.807) is 48.5 Å². The first kappa shape index (κ1) is 25.1. The Hall–Kier alpha value is -3.57. The first-order valence-corrected chi connectivity index (χ1v) is 12.8. The average molecular weight is 475 g/mol. The molecule has 0 spiro atoms. The second-order valence-electron chi connectivity index (χ2n) is 7.87. The van der Waals surface area contributed by atoms with Crippen LogP contribution in [0.2, 0.25) is 0 Å². The van der Waals surface area contributed by atoms with Gasteiger partial charge in [0.15, 0.2) is 0 Å². The van der Waals surface area contributed by atoms with Gasteiger partial charge in [0.05, 0.1) is 9.79 Å². The van der Waals surface area contributed by atoms with Crippen LogP contribution in [0.25, 0.3) is 11.1 Å². The molecule has 4 aromatic carbocycles. The maximum absolute atomic E-state index is 12.9. The van der Waals surface area contributed by atoms with Gasteiger partial charge in [-0.25, -0.2) is 8.42 Å². The van der Waals surface area contributed by atoms with Crippen LogP contribution in [0.5, 0.6) is 17.2 Å². The zero-order valence-corrected chi connectivity index (χ0v) is 20.7. The second-order valence-corrected chi connectivity index (χ2v) is 9.82. The zero-order valence-electron chi connectivity index (χ0n) is 19.9. The van der Waals surface area contributed by atoms with Crippen LogP contribution in [0.1, 0.15) is 39.2 Å². The molecular weight excluding hydrogens is 444 g/mol. The van der Waals surface area contributed by atoms with Gasteiger partial charge in [-0.3, -0.25) is 0 Å². The number of hydrogen-bond donors (Lipinski definition) is 1. The van der Waals surface area contributed by atoms with Crippen LogP contribution < -0.4 is 4.74 Å². The lowest BCUT2D eigenvalue weighted by Crippen LogP contribution is -2.02. The van der Waals surface area contributed by atoms with E-state index in [0.29, 0.717) is 17.4 Å². The Morgan fingerprint density at radius 1 is 0.618 bits per heavy atom. The highest BCUT2D eigenvalue weighted by Crippen LogP contribution is 2.29. The summed E-state index contributed by atoms with van der Waals surface area (Å²) >= 11 is 0. The van der Waals surface area contributed by atoms with Gasteiger partial charge < -0.3 is 9.84 Å². The standard InChI is InChI=1S/C27H24O4S.C2H6/c1-19(2)20-7-15-26(16-8-20)32(29,30)27-17-13-25(14-18-27)31-24-11-5-22(6-12-24)21-3-9-23(28)10-4-21;1-2/h3-19,28H,1-2H3;1-2H3. The minimum atomic E-state index is -3.58. The number of aromatic hydroxyl groups is 1. The smallest absolute Gasteiger partial charge is 0.206 e. The molecule has 0 saturated carbocycles. The molecule has 0 aromatic heterocycles. The Morgan fingerprint density at radius 2 is 1.00 bits per heavy atom. The van der Waals surface area contributed by atoms with Crippen LogP contribution in [0.4, 0.5) is 0 Å². The van der Waals surface area contributed by atoms with Crippen LogP contribution in [0, 0.1) is 0 Å². The fourth-order valence-corrected chi connectivity index (χ4v) is 4.62. The van der Waals surface area contributed by atoms with E-state index in [1.165, 1.54) is 0 Å². The third-order valence-electron chi connectivity index (χ3n) is 5.28. The fraction of sp³-hybridized carbons (Fsp3) is 0.172. The predicted molar refractivity (Wildman–Crippen MR) is 137 cm³/mol. The van der Waals surface area contributed by atoms with E-state index in [0.717, 1.165) is 16.7 Å². The number of phenols is 1. The van der Waals surface area contributed by atoms with Crippen LogP contribution >= 0.6 is 0 Å². The summed E-state index contributed by atoms with van der Waals surface area (Å²) in [5.74, 6) is 1.77. The molecule has 0 heterocycles. The number of hydrogen-bond acceptors (Lipinski definition) is 4. The summed E-state index contributed by atoms with van der Waals surface area (Å²) in [6.45, 7) is 8.15. The minimum absolute atomic E-state index is 0.227. The molecule has 0 aliphatic carbocycles. The topological polar surface area (TPSA) is 63.6 Å². The van der Waals surface area contributed by atoms with Gasteiger partial charge in [0.25, 0.3) is 0 Å². The van der Waals surface area contributed by atoms with Crippen molar-refractivity contribution in [3.8, 4) is 28.4 Å². The summed E-state index contributed by atoms with van der Waals surface area (Å²) in [5.41, 5.74) is 3.09. The summed E-state index contributed by atoms with van der Waals surface area (Å²) in [4.78, 5) is 0.505.